The molecule has 2 rings (SSSR count). The minimum atomic E-state index is 0.985. The number of hydrogen-bond donors (Lipinski definition) is 0. The third-order valence-electron chi connectivity index (χ3n) is 3.52. The largest absolute Gasteiger partial charge is 0.0710 e. The Labute approximate surface area is 63.3 Å². The number of rotatable bonds is 0. The Morgan fingerprint density at radius 3 is 1.90 bits per heavy atom. The number of fused-ring (bicyclic) bond motifs is 2. The van der Waals surface area contributed by atoms with E-state index in [-0.39, 0.29) is 0 Å². The molecule has 56 valence electrons. The molecular weight excluding hydrogens is 120 g/mol. The minimum Gasteiger partial charge on any atom is -0.0710 e. The summed E-state index contributed by atoms with van der Waals surface area (Å²) >= 11 is 0. The minimum absolute atomic E-state index is 0.985. The third-order valence-corrected chi connectivity index (χ3v) is 3.52. The van der Waals surface area contributed by atoms with E-state index >= 15 is 0 Å². The van der Waals surface area contributed by atoms with Crippen LogP contribution in [0, 0.1) is 11.8 Å². The summed E-state index contributed by atoms with van der Waals surface area (Å²) in [6.45, 7) is 4.68. The Bertz CT molecular complexity index is 158. The van der Waals surface area contributed by atoms with E-state index in [1.807, 2.05) is 0 Å². The smallest absolute Gasteiger partial charge is 0.0198 e. The van der Waals surface area contributed by atoms with E-state index in [9.17, 15) is 0 Å². The lowest BCUT2D eigenvalue weighted by molar-refractivity contribution is 0.368. The monoisotopic (exact) mass is 136 g/mol. The average molecular weight is 136 g/mol. The zero-order valence-corrected chi connectivity index (χ0v) is 6.98. The predicted octanol–water partition coefficient (Wildman–Crippen LogP) is 3.14. The van der Waals surface area contributed by atoms with Crippen LogP contribution < -0.4 is 0 Å². The van der Waals surface area contributed by atoms with Crippen LogP contribution in [0.3, 0.4) is 0 Å². The second kappa shape index (κ2) is 2.11. The molecule has 0 aromatic carbocycles. The van der Waals surface area contributed by atoms with Crippen LogP contribution in [0.4, 0.5) is 0 Å². The number of allylic oxidation sites excluding steroid dienone is 2. The lowest BCUT2D eigenvalue weighted by Crippen LogP contribution is -2.07. The summed E-state index contributed by atoms with van der Waals surface area (Å²) in [5.41, 5.74) is 3.45. The summed E-state index contributed by atoms with van der Waals surface area (Å²) in [6.07, 6.45) is 5.90. The molecular formula is C10H16. The van der Waals surface area contributed by atoms with Crippen molar-refractivity contribution in [1.82, 2.24) is 0 Å². The average Bonchev–Trinajstić information content (AvgIpc) is 2.17. The summed E-state index contributed by atoms with van der Waals surface area (Å²) in [7, 11) is 0. The van der Waals surface area contributed by atoms with Crippen molar-refractivity contribution in [2.75, 3.05) is 0 Å². The van der Waals surface area contributed by atoms with Crippen molar-refractivity contribution in [2.24, 2.45) is 11.8 Å². The van der Waals surface area contributed by atoms with Gasteiger partial charge in [-0.1, -0.05) is 17.6 Å². The highest BCUT2D eigenvalue weighted by Crippen LogP contribution is 2.45. The normalized spacial score (nSPS) is 39.0. The van der Waals surface area contributed by atoms with E-state index in [4.69, 9.17) is 0 Å². The molecule has 1 fully saturated rings. The van der Waals surface area contributed by atoms with Crippen molar-refractivity contribution in [1.29, 1.82) is 0 Å². The van der Waals surface area contributed by atoms with E-state index < -0.39 is 0 Å². The highest BCUT2D eigenvalue weighted by atomic mass is 14.4. The topological polar surface area (TPSA) is 0 Å². The summed E-state index contributed by atoms with van der Waals surface area (Å²) in [6, 6.07) is 0. The molecule has 0 N–H and O–H groups in total. The Hall–Kier alpha value is -0.260. The van der Waals surface area contributed by atoms with Crippen LogP contribution in [0.25, 0.3) is 0 Å². The van der Waals surface area contributed by atoms with Gasteiger partial charge in [0.2, 0.25) is 0 Å². The van der Waals surface area contributed by atoms with Crippen LogP contribution in [0.2, 0.25) is 0 Å². The molecule has 0 radical (unpaired) electrons. The molecule has 0 saturated heterocycles. The molecule has 2 atom stereocenters. The molecule has 10 heavy (non-hydrogen) atoms. The molecule has 2 bridgehead atoms. The van der Waals surface area contributed by atoms with Crippen molar-refractivity contribution in [3.05, 3.63) is 11.1 Å². The zero-order valence-electron chi connectivity index (χ0n) is 6.98. The maximum absolute atomic E-state index is 2.34. The quantitative estimate of drug-likeness (QED) is 0.449. The maximum Gasteiger partial charge on any atom is -0.0198 e. The second-order valence-electron chi connectivity index (χ2n) is 3.93. The summed E-state index contributed by atoms with van der Waals surface area (Å²) in [5, 5.41) is 0. The van der Waals surface area contributed by atoms with Crippen molar-refractivity contribution < 1.29 is 0 Å². The van der Waals surface area contributed by atoms with Gasteiger partial charge in [-0.2, -0.15) is 0 Å². The summed E-state index contributed by atoms with van der Waals surface area (Å²) < 4.78 is 0. The van der Waals surface area contributed by atoms with Gasteiger partial charge in [0.15, 0.2) is 0 Å². The molecule has 0 spiro atoms. The van der Waals surface area contributed by atoms with Crippen LogP contribution in [0.5, 0.6) is 0 Å². The van der Waals surface area contributed by atoms with Gasteiger partial charge in [0.05, 0.1) is 0 Å². The van der Waals surface area contributed by atoms with Gasteiger partial charge in [0.1, 0.15) is 0 Å². The van der Waals surface area contributed by atoms with Gasteiger partial charge < -0.3 is 0 Å². The van der Waals surface area contributed by atoms with E-state index in [0.717, 1.165) is 11.8 Å². The lowest BCUT2D eigenvalue weighted by Gasteiger charge is -2.19. The van der Waals surface area contributed by atoms with Crippen molar-refractivity contribution in [2.45, 2.75) is 39.5 Å². The lowest BCUT2D eigenvalue weighted by atomic mass is 9.86. The Kier molecular flexibility index (Phi) is 1.36. The predicted molar refractivity (Wildman–Crippen MR) is 43.8 cm³/mol. The molecule has 2 unspecified atom stereocenters. The molecule has 0 amide bonds. The first kappa shape index (κ1) is 6.45. The van der Waals surface area contributed by atoms with E-state index in [0.29, 0.717) is 0 Å². The van der Waals surface area contributed by atoms with Crippen LogP contribution in [-0.4, -0.2) is 0 Å². The van der Waals surface area contributed by atoms with E-state index in [2.05, 4.69) is 13.8 Å². The molecule has 1 saturated carbocycles. The maximum atomic E-state index is 2.34. The van der Waals surface area contributed by atoms with Gasteiger partial charge in [0.25, 0.3) is 0 Å². The molecule has 0 heteroatoms. The second-order valence-corrected chi connectivity index (χ2v) is 3.93. The van der Waals surface area contributed by atoms with Gasteiger partial charge in [-0.05, 0) is 44.9 Å². The molecule has 0 aromatic rings. The third kappa shape index (κ3) is 0.744. The van der Waals surface area contributed by atoms with E-state index in [1.54, 1.807) is 11.1 Å². The Morgan fingerprint density at radius 2 is 1.50 bits per heavy atom. The van der Waals surface area contributed by atoms with Crippen molar-refractivity contribution in [3.63, 3.8) is 0 Å². The SMILES string of the molecule is CC1=C(C)C2CCCC1C2. The van der Waals surface area contributed by atoms with Gasteiger partial charge in [-0.3, -0.25) is 0 Å². The van der Waals surface area contributed by atoms with Crippen LogP contribution in [-0.2, 0) is 0 Å². The van der Waals surface area contributed by atoms with Crippen molar-refractivity contribution >= 4 is 0 Å². The standard InChI is InChI=1S/C10H16/c1-7-8(2)10-5-3-4-9(7)6-10/h9-10H,3-6H2,1-2H3. The summed E-state index contributed by atoms with van der Waals surface area (Å²) in [5.74, 6) is 1.97. The van der Waals surface area contributed by atoms with Crippen LogP contribution in [0.1, 0.15) is 39.5 Å². The molecule has 0 heterocycles. The Balaban J connectivity index is 2.29. The highest BCUT2D eigenvalue weighted by molar-refractivity contribution is 5.23. The first-order valence-electron chi connectivity index (χ1n) is 4.46. The van der Waals surface area contributed by atoms with Crippen LogP contribution in [0.15, 0.2) is 11.1 Å². The van der Waals surface area contributed by atoms with Gasteiger partial charge >= 0.3 is 0 Å². The fourth-order valence-electron chi connectivity index (χ4n) is 2.62. The van der Waals surface area contributed by atoms with Crippen molar-refractivity contribution in [3.8, 4) is 0 Å². The Morgan fingerprint density at radius 1 is 1.00 bits per heavy atom. The molecule has 0 aromatic heterocycles. The fraction of sp³-hybridized carbons (Fsp3) is 0.800. The van der Waals surface area contributed by atoms with E-state index in [1.165, 1.54) is 25.7 Å². The van der Waals surface area contributed by atoms with Crippen LogP contribution >= 0.6 is 0 Å². The fourth-order valence-corrected chi connectivity index (χ4v) is 2.62. The molecule has 0 nitrogen and oxygen atoms in total. The molecule has 0 aliphatic heterocycles. The molecule has 2 aliphatic carbocycles. The first-order chi connectivity index (χ1) is 4.79. The molecule has 2 aliphatic rings. The first-order valence-corrected chi connectivity index (χ1v) is 4.46. The highest BCUT2D eigenvalue weighted by Gasteiger charge is 2.31. The number of hydrogen-bond acceptors (Lipinski definition) is 0. The van der Waals surface area contributed by atoms with Gasteiger partial charge in [-0.25, -0.2) is 0 Å². The van der Waals surface area contributed by atoms with Gasteiger partial charge in [-0.15, -0.1) is 0 Å². The zero-order chi connectivity index (χ0) is 7.14. The summed E-state index contributed by atoms with van der Waals surface area (Å²) in [4.78, 5) is 0. The van der Waals surface area contributed by atoms with Gasteiger partial charge in [0, 0.05) is 0 Å².